The van der Waals surface area contributed by atoms with Crippen molar-refractivity contribution in [3.8, 4) is 0 Å². The average Bonchev–Trinajstić information content (AvgIpc) is 2.99. The van der Waals surface area contributed by atoms with E-state index in [9.17, 15) is 4.79 Å². The van der Waals surface area contributed by atoms with Gasteiger partial charge in [-0.2, -0.15) is 0 Å². The van der Waals surface area contributed by atoms with Gasteiger partial charge < -0.3 is 9.88 Å². The first-order chi connectivity index (χ1) is 14.1. The molecule has 1 aliphatic carbocycles. The first kappa shape index (κ1) is 19.5. The smallest absolute Gasteiger partial charge is 0.251 e. The molecule has 0 aliphatic heterocycles. The van der Waals surface area contributed by atoms with Crippen LogP contribution in [0.4, 0.5) is 0 Å². The van der Waals surface area contributed by atoms with Gasteiger partial charge in [0.25, 0.3) is 5.91 Å². The number of nitrogens with one attached hydrogen (secondary N) is 1. The molecule has 1 amide bonds. The largest absolute Gasteiger partial charge is 0.352 e. The highest BCUT2D eigenvalue weighted by Crippen LogP contribution is 2.27. The fourth-order valence-corrected chi connectivity index (χ4v) is 4.33. The van der Waals surface area contributed by atoms with Crippen LogP contribution < -0.4 is 5.32 Å². The fourth-order valence-electron chi connectivity index (χ4n) is 4.33. The molecule has 0 spiro atoms. The van der Waals surface area contributed by atoms with Crippen molar-refractivity contribution in [2.45, 2.75) is 52.5 Å². The maximum Gasteiger partial charge on any atom is 0.251 e. The van der Waals surface area contributed by atoms with E-state index in [0.29, 0.717) is 0 Å². The monoisotopic (exact) mass is 386 g/mol. The van der Waals surface area contributed by atoms with Crippen LogP contribution in [0.5, 0.6) is 0 Å². The summed E-state index contributed by atoms with van der Waals surface area (Å²) >= 11 is 0. The van der Waals surface area contributed by atoms with E-state index in [1.807, 2.05) is 18.2 Å². The molecule has 2 aromatic carbocycles. The lowest BCUT2D eigenvalue weighted by Crippen LogP contribution is -2.24. The minimum Gasteiger partial charge on any atom is -0.352 e. The van der Waals surface area contributed by atoms with Crippen molar-refractivity contribution in [2.75, 3.05) is 6.54 Å². The van der Waals surface area contributed by atoms with Crippen molar-refractivity contribution in [2.24, 2.45) is 0 Å². The first-order valence-electron chi connectivity index (χ1n) is 10.7. The summed E-state index contributed by atoms with van der Waals surface area (Å²) in [5.74, 6) is 0.0242. The highest BCUT2D eigenvalue weighted by atomic mass is 16.1. The third-order valence-corrected chi connectivity index (χ3v) is 6.20. The molecule has 1 aliphatic rings. The molecule has 0 unspecified atom stereocenters. The van der Waals surface area contributed by atoms with Gasteiger partial charge in [0, 0.05) is 35.2 Å². The molecule has 1 heterocycles. The molecule has 0 atom stereocenters. The molecule has 3 nitrogen and oxygen atoms in total. The lowest BCUT2D eigenvalue weighted by atomic mass is 9.97. The molecule has 0 fully saturated rings. The van der Waals surface area contributed by atoms with Crippen LogP contribution in [0, 0.1) is 13.8 Å². The Morgan fingerprint density at radius 3 is 2.66 bits per heavy atom. The zero-order valence-corrected chi connectivity index (χ0v) is 17.5. The van der Waals surface area contributed by atoms with Gasteiger partial charge in [-0.05, 0) is 75.3 Å². The van der Waals surface area contributed by atoms with Gasteiger partial charge in [0.15, 0.2) is 0 Å². The van der Waals surface area contributed by atoms with Gasteiger partial charge in [-0.15, -0.1) is 0 Å². The van der Waals surface area contributed by atoms with Crippen LogP contribution in [-0.2, 0) is 6.54 Å². The predicted octanol–water partition coefficient (Wildman–Crippen LogP) is 5.93. The van der Waals surface area contributed by atoms with Crippen molar-refractivity contribution in [1.82, 2.24) is 9.88 Å². The quantitative estimate of drug-likeness (QED) is 0.524. The summed E-state index contributed by atoms with van der Waals surface area (Å²) in [6.45, 7) is 5.87. The fraction of sp³-hybridized carbons (Fsp3) is 0.346. The molecule has 0 saturated heterocycles. The Balaban J connectivity index is 1.50. The zero-order valence-electron chi connectivity index (χ0n) is 17.5. The Labute approximate surface area is 173 Å². The SMILES string of the molecule is Cc1c(C)n(Cc2ccccc2)c2ccc(C(=O)NCCC3=CCCCC3)cc12. The number of aromatic nitrogens is 1. The molecule has 0 saturated carbocycles. The third-order valence-electron chi connectivity index (χ3n) is 6.20. The van der Waals surface area contributed by atoms with E-state index in [-0.39, 0.29) is 5.91 Å². The number of benzene rings is 2. The number of hydrogen-bond donors (Lipinski definition) is 1. The van der Waals surface area contributed by atoms with Gasteiger partial charge in [0.2, 0.25) is 0 Å². The van der Waals surface area contributed by atoms with Crippen LogP contribution >= 0.6 is 0 Å². The summed E-state index contributed by atoms with van der Waals surface area (Å²) in [6, 6.07) is 16.6. The van der Waals surface area contributed by atoms with Gasteiger partial charge in [-0.3, -0.25) is 4.79 Å². The number of carbonyl (C=O) groups is 1. The van der Waals surface area contributed by atoms with Crippen molar-refractivity contribution < 1.29 is 4.79 Å². The van der Waals surface area contributed by atoms with Gasteiger partial charge in [0.05, 0.1) is 0 Å². The summed E-state index contributed by atoms with van der Waals surface area (Å²) in [7, 11) is 0. The van der Waals surface area contributed by atoms with Crippen LogP contribution in [-0.4, -0.2) is 17.0 Å². The Bertz CT molecular complexity index is 1040. The minimum absolute atomic E-state index is 0.0242. The Morgan fingerprint density at radius 2 is 1.90 bits per heavy atom. The second-order valence-electron chi connectivity index (χ2n) is 8.13. The van der Waals surface area contributed by atoms with Crippen molar-refractivity contribution in [3.05, 3.63) is 82.6 Å². The average molecular weight is 387 g/mol. The van der Waals surface area contributed by atoms with Gasteiger partial charge in [0.1, 0.15) is 0 Å². The van der Waals surface area contributed by atoms with Crippen LogP contribution in [0.25, 0.3) is 10.9 Å². The number of amides is 1. The molecule has 3 heteroatoms. The van der Waals surface area contributed by atoms with Crippen molar-refractivity contribution >= 4 is 16.8 Å². The summed E-state index contributed by atoms with van der Waals surface area (Å²) < 4.78 is 2.34. The molecule has 4 rings (SSSR count). The highest BCUT2D eigenvalue weighted by Gasteiger charge is 2.14. The number of allylic oxidation sites excluding steroid dienone is 1. The predicted molar refractivity (Wildman–Crippen MR) is 120 cm³/mol. The lowest BCUT2D eigenvalue weighted by molar-refractivity contribution is 0.0954. The minimum atomic E-state index is 0.0242. The van der Waals surface area contributed by atoms with Crippen molar-refractivity contribution in [1.29, 1.82) is 0 Å². The van der Waals surface area contributed by atoms with Crippen LogP contribution in [0.1, 0.15) is 59.3 Å². The van der Waals surface area contributed by atoms with Crippen LogP contribution in [0.3, 0.4) is 0 Å². The van der Waals surface area contributed by atoms with E-state index in [2.05, 4.69) is 60.1 Å². The molecule has 0 bridgehead atoms. The number of fused-ring (bicyclic) bond motifs is 1. The van der Waals surface area contributed by atoms with Crippen LogP contribution in [0.15, 0.2) is 60.2 Å². The summed E-state index contributed by atoms with van der Waals surface area (Å²) in [4.78, 5) is 12.7. The van der Waals surface area contributed by atoms with E-state index in [0.717, 1.165) is 25.1 Å². The zero-order chi connectivity index (χ0) is 20.2. The second kappa shape index (κ2) is 8.69. The molecule has 150 valence electrons. The van der Waals surface area contributed by atoms with Gasteiger partial charge in [-0.25, -0.2) is 0 Å². The summed E-state index contributed by atoms with van der Waals surface area (Å²) in [6.07, 6.45) is 8.30. The summed E-state index contributed by atoms with van der Waals surface area (Å²) in [5.41, 5.74) is 7.22. The lowest BCUT2D eigenvalue weighted by Gasteiger charge is -2.13. The molecule has 0 radical (unpaired) electrons. The number of aryl methyl sites for hydroxylation is 1. The standard InChI is InChI=1S/C26H30N2O/c1-19-20(2)28(18-22-11-7-4-8-12-22)25-14-13-23(17-24(19)25)26(29)27-16-15-21-9-5-3-6-10-21/h4,7-9,11-14,17H,3,5-6,10,15-16,18H2,1-2H3,(H,27,29). The Kier molecular flexibility index (Phi) is 5.84. The van der Waals surface area contributed by atoms with E-state index in [1.54, 1.807) is 0 Å². The number of rotatable bonds is 6. The Hall–Kier alpha value is -2.81. The number of carbonyl (C=O) groups excluding carboxylic acids is 1. The van der Waals surface area contributed by atoms with E-state index in [4.69, 9.17) is 0 Å². The van der Waals surface area contributed by atoms with E-state index < -0.39 is 0 Å². The number of hydrogen-bond acceptors (Lipinski definition) is 1. The van der Waals surface area contributed by atoms with Crippen molar-refractivity contribution in [3.63, 3.8) is 0 Å². The molecular weight excluding hydrogens is 356 g/mol. The maximum atomic E-state index is 12.7. The second-order valence-corrected chi connectivity index (χ2v) is 8.13. The molecule has 1 N–H and O–H groups in total. The number of nitrogens with zero attached hydrogens (tertiary/aromatic N) is 1. The highest BCUT2D eigenvalue weighted by molar-refractivity contribution is 5.99. The molecule has 3 aromatic rings. The van der Waals surface area contributed by atoms with Crippen LogP contribution in [0.2, 0.25) is 0 Å². The molecule has 29 heavy (non-hydrogen) atoms. The topological polar surface area (TPSA) is 34.0 Å². The summed E-state index contributed by atoms with van der Waals surface area (Å²) in [5, 5.41) is 4.27. The third kappa shape index (κ3) is 4.29. The van der Waals surface area contributed by atoms with E-state index in [1.165, 1.54) is 59.0 Å². The van der Waals surface area contributed by atoms with Gasteiger partial charge >= 0.3 is 0 Å². The first-order valence-corrected chi connectivity index (χ1v) is 10.7. The maximum absolute atomic E-state index is 12.7. The molecule has 1 aromatic heterocycles. The normalized spacial score (nSPS) is 14.1. The van der Waals surface area contributed by atoms with Gasteiger partial charge in [-0.1, -0.05) is 42.0 Å². The van der Waals surface area contributed by atoms with E-state index >= 15 is 0 Å². The Morgan fingerprint density at radius 1 is 1.07 bits per heavy atom. The molecular formula is C26H30N2O.